The average Bonchev–Trinajstić information content (AvgIpc) is 3.82. The fourth-order valence-electron chi connectivity index (χ4n) is 8.08. The van der Waals surface area contributed by atoms with Gasteiger partial charge in [0.25, 0.3) is 0 Å². The molecule has 0 bridgehead atoms. The predicted molar refractivity (Wildman–Crippen MR) is 212 cm³/mol. The van der Waals surface area contributed by atoms with Crippen LogP contribution in [0.1, 0.15) is 38.6 Å². The number of aromatic hydroxyl groups is 2. The van der Waals surface area contributed by atoms with Crippen LogP contribution in [0.3, 0.4) is 0 Å². The summed E-state index contributed by atoms with van der Waals surface area (Å²) in [5, 5.41) is 27.7. The Labute approximate surface area is 339 Å². The number of hydrogen-bond acceptors (Lipinski definition) is 11. The van der Waals surface area contributed by atoms with Crippen LogP contribution >= 0.6 is 0 Å². The zero-order valence-electron chi connectivity index (χ0n) is 32.3. The van der Waals surface area contributed by atoms with Gasteiger partial charge in [0.05, 0.1) is 33.6 Å². The summed E-state index contributed by atoms with van der Waals surface area (Å²) in [7, 11) is 0. The number of phenolic OH excluding ortho intramolecular Hbond substituents is 2. The van der Waals surface area contributed by atoms with Gasteiger partial charge in [0.15, 0.2) is 0 Å². The molecule has 2 aromatic heterocycles. The van der Waals surface area contributed by atoms with E-state index in [0.717, 1.165) is 23.5 Å². The topological polar surface area (TPSA) is 123 Å². The van der Waals surface area contributed by atoms with Crippen molar-refractivity contribution in [3.8, 4) is 34.0 Å². The van der Waals surface area contributed by atoms with E-state index >= 15 is 0 Å². The molecule has 2 aliphatic rings. The Morgan fingerprint density at radius 2 is 0.867 bits per heavy atom. The lowest BCUT2D eigenvalue weighted by molar-refractivity contribution is -0.137. The number of piperazine rings is 2. The summed E-state index contributed by atoms with van der Waals surface area (Å²) in [4.78, 5) is 22.0. The van der Waals surface area contributed by atoms with E-state index in [1.165, 1.54) is 62.4 Å². The molecule has 0 unspecified atom stereocenters. The Morgan fingerprint density at radius 3 is 1.20 bits per heavy atom. The Morgan fingerprint density at radius 1 is 0.533 bits per heavy atom. The van der Waals surface area contributed by atoms with Crippen molar-refractivity contribution in [2.75, 3.05) is 72.0 Å². The van der Waals surface area contributed by atoms with Gasteiger partial charge in [-0.25, -0.2) is 0 Å². The van der Waals surface area contributed by atoms with Gasteiger partial charge >= 0.3 is 12.4 Å². The lowest BCUT2D eigenvalue weighted by atomic mass is 9.92. The molecule has 6 aromatic rings. The highest BCUT2D eigenvalue weighted by Gasteiger charge is 2.41. The summed E-state index contributed by atoms with van der Waals surface area (Å²) >= 11 is 0. The van der Waals surface area contributed by atoms with Crippen molar-refractivity contribution in [2.24, 2.45) is 0 Å². The van der Waals surface area contributed by atoms with Gasteiger partial charge in [-0.2, -0.15) is 26.3 Å². The number of anilines is 4. The molecule has 8 rings (SSSR count). The van der Waals surface area contributed by atoms with Gasteiger partial charge in [-0.1, -0.05) is 34.6 Å². The van der Waals surface area contributed by atoms with Crippen molar-refractivity contribution in [1.82, 2.24) is 10.3 Å². The van der Waals surface area contributed by atoms with Crippen LogP contribution in [0.15, 0.2) is 94.0 Å². The fourth-order valence-corrected chi connectivity index (χ4v) is 8.08. The molecule has 2 aliphatic heterocycles. The van der Waals surface area contributed by atoms with E-state index < -0.39 is 29.3 Å². The molecule has 4 heterocycles. The van der Waals surface area contributed by atoms with Crippen LogP contribution in [0.5, 0.6) is 11.5 Å². The minimum absolute atomic E-state index is 0.0231. The monoisotopic (exact) mass is 832 g/mol. The standard InChI is InChI=1S/C43H38F6N6O5/c1-25-35(37(50-59-25)31-5-3-7-33(42(44,45)46)39(31)54-21-17-52(18-22-54)27-9-13-29(56)14-10-27)41(58)36-26(2)60-51-38(36)32-6-4-8-34(43(47,48)49)40(32)55-23-19-53(20-24-55)28-11-15-30(57)16-12-28/h3-16,56-57H,17-24H2,1-2H3. The number of benzene rings is 4. The van der Waals surface area contributed by atoms with Crippen LogP contribution in [0.25, 0.3) is 22.5 Å². The van der Waals surface area contributed by atoms with Gasteiger partial charge in [0.2, 0.25) is 5.78 Å². The Hall–Kier alpha value is -6.65. The second-order valence-electron chi connectivity index (χ2n) is 14.6. The number of hydrogen-bond donors (Lipinski definition) is 2. The van der Waals surface area contributed by atoms with E-state index in [-0.39, 0.29) is 94.2 Å². The molecule has 0 spiro atoms. The molecule has 4 aromatic carbocycles. The van der Waals surface area contributed by atoms with E-state index in [2.05, 4.69) is 10.3 Å². The van der Waals surface area contributed by atoms with Crippen molar-refractivity contribution in [3.05, 3.63) is 119 Å². The van der Waals surface area contributed by atoms with Crippen molar-refractivity contribution >= 4 is 28.5 Å². The Kier molecular flexibility index (Phi) is 10.4. The number of rotatable bonds is 8. The number of aromatic nitrogens is 2. The number of carbonyl (C=O) groups excluding carboxylic acids is 1. The number of ketones is 1. The summed E-state index contributed by atoms with van der Waals surface area (Å²) in [5.74, 6) is -0.703. The van der Waals surface area contributed by atoms with E-state index in [9.17, 15) is 41.4 Å². The van der Waals surface area contributed by atoms with Crippen LogP contribution < -0.4 is 19.6 Å². The van der Waals surface area contributed by atoms with Crippen LogP contribution in [0, 0.1) is 13.8 Å². The third-order valence-electron chi connectivity index (χ3n) is 11.0. The first kappa shape index (κ1) is 40.1. The molecule has 2 N–H and O–H groups in total. The van der Waals surface area contributed by atoms with Crippen LogP contribution in [0.2, 0.25) is 0 Å². The smallest absolute Gasteiger partial charge is 0.418 e. The maximum Gasteiger partial charge on any atom is 0.418 e. The van der Waals surface area contributed by atoms with Crippen molar-refractivity contribution in [3.63, 3.8) is 0 Å². The Balaban J connectivity index is 1.17. The van der Waals surface area contributed by atoms with Gasteiger partial charge in [-0.3, -0.25) is 4.79 Å². The zero-order valence-corrected chi connectivity index (χ0v) is 32.3. The maximum atomic E-state index is 14.9. The number of carbonyl (C=O) groups is 1. The van der Waals surface area contributed by atoms with E-state index in [1.54, 1.807) is 34.1 Å². The summed E-state index contributed by atoms with van der Waals surface area (Å²) < 4.78 is 99.8. The summed E-state index contributed by atoms with van der Waals surface area (Å²) in [5.41, 5.74) is -1.51. The molecule has 11 nitrogen and oxygen atoms in total. The number of nitrogens with zero attached hydrogens (tertiary/aromatic N) is 6. The van der Waals surface area contributed by atoms with Crippen LogP contribution in [0.4, 0.5) is 49.1 Å². The molecule has 17 heteroatoms. The van der Waals surface area contributed by atoms with Gasteiger partial charge < -0.3 is 38.9 Å². The first-order valence-electron chi connectivity index (χ1n) is 19.1. The van der Waals surface area contributed by atoms with Gasteiger partial charge in [0.1, 0.15) is 34.4 Å². The highest BCUT2D eigenvalue weighted by Crippen LogP contribution is 2.47. The maximum absolute atomic E-state index is 14.9. The Bertz CT molecular complexity index is 2340. The molecule has 0 atom stereocenters. The average molecular weight is 833 g/mol. The molecule has 0 saturated carbocycles. The summed E-state index contributed by atoms with van der Waals surface area (Å²) in [6.45, 7) is 4.88. The third kappa shape index (κ3) is 7.55. The highest BCUT2D eigenvalue weighted by atomic mass is 19.4. The van der Waals surface area contributed by atoms with Gasteiger partial charge in [0, 0.05) is 74.9 Å². The number of alkyl halides is 6. The fraction of sp³-hybridized carbons (Fsp3) is 0.279. The normalized spacial score (nSPS) is 15.2. The van der Waals surface area contributed by atoms with Crippen molar-refractivity contribution in [2.45, 2.75) is 26.2 Å². The lowest BCUT2D eigenvalue weighted by Crippen LogP contribution is -2.47. The molecule has 312 valence electrons. The number of aryl methyl sites for hydroxylation is 2. The van der Waals surface area contributed by atoms with Crippen molar-refractivity contribution < 1.29 is 50.4 Å². The molecule has 0 amide bonds. The molecular weight excluding hydrogens is 794 g/mol. The molecule has 2 saturated heterocycles. The number of phenols is 2. The first-order chi connectivity index (χ1) is 28.6. The van der Waals surface area contributed by atoms with Gasteiger partial charge in [-0.05, 0) is 74.5 Å². The van der Waals surface area contributed by atoms with E-state index in [4.69, 9.17) is 9.05 Å². The zero-order chi connectivity index (χ0) is 42.5. The van der Waals surface area contributed by atoms with E-state index in [0.29, 0.717) is 26.2 Å². The second kappa shape index (κ2) is 15.5. The summed E-state index contributed by atoms with van der Waals surface area (Å²) in [6, 6.07) is 20.2. The number of halogens is 6. The van der Waals surface area contributed by atoms with Crippen LogP contribution in [-0.2, 0) is 12.4 Å². The minimum atomic E-state index is -4.80. The summed E-state index contributed by atoms with van der Waals surface area (Å²) in [6.07, 6.45) is -9.59. The third-order valence-corrected chi connectivity index (χ3v) is 11.0. The van der Waals surface area contributed by atoms with Crippen LogP contribution in [-0.4, -0.2) is 78.7 Å². The van der Waals surface area contributed by atoms with Crippen molar-refractivity contribution in [1.29, 1.82) is 0 Å². The SMILES string of the molecule is Cc1onc(-c2cccc(C(F)(F)F)c2N2CCN(c3ccc(O)cc3)CC2)c1C(=O)c1c(-c2cccc(C(F)(F)F)c2N2CCN(c3ccc(O)cc3)CC2)noc1C. The molecular formula is C43H38F6N6O5. The van der Waals surface area contributed by atoms with E-state index in [1.807, 2.05) is 9.80 Å². The quantitative estimate of drug-likeness (QED) is 0.113. The molecule has 0 aliphatic carbocycles. The molecule has 0 radical (unpaired) electrons. The lowest BCUT2D eigenvalue weighted by Gasteiger charge is -2.39. The van der Waals surface area contributed by atoms with Gasteiger partial charge in [-0.15, -0.1) is 0 Å². The molecule has 2 fully saturated rings. The largest absolute Gasteiger partial charge is 0.508 e. The first-order valence-corrected chi connectivity index (χ1v) is 19.1. The predicted octanol–water partition coefficient (Wildman–Crippen LogP) is 8.95. The second-order valence-corrected chi connectivity index (χ2v) is 14.6. The minimum Gasteiger partial charge on any atom is -0.508 e. The highest BCUT2D eigenvalue weighted by molar-refractivity contribution is 6.17. The molecule has 60 heavy (non-hydrogen) atoms. The number of para-hydroxylation sites is 2.